The Morgan fingerprint density at radius 2 is 1.70 bits per heavy atom. The van der Waals surface area contributed by atoms with Gasteiger partial charge in [-0.3, -0.25) is 9.78 Å². The molecule has 1 heterocycles. The molecule has 0 radical (unpaired) electrons. The van der Waals surface area contributed by atoms with Crippen LogP contribution in [-0.2, 0) is 4.79 Å². The maximum atomic E-state index is 12.0. The average Bonchev–Trinajstić information content (AvgIpc) is 2.77. The predicted octanol–water partition coefficient (Wildman–Crippen LogP) is 7.22. The van der Waals surface area contributed by atoms with Crippen LogP contribution in [0, 0.1) is 5.92 Å². The molecule has 0 aliphatic carbocycles. The lowest BCUT2D eigenvalue weighted by atomic mass is 10.0. The van der Waals surface area contributed by atoms with E-state index in [0.29, 0.717) is 12.2 Å². The zero-order valence-corrected chi connectivity index (χ0v) is 18.9. The second kappa shape index (κ2) is 13.8. The molecule has 2 aromatic rings. The normalized spacial score (nSPS) is 11.8. The summed E-state index contributed by atoms with van der Waals surface area (Å²) in [6.45, 7) is 7.40. The molecule has 1 aromatic carbocycles. The third-order valence-electron chi connectivity index (χ3n) is 5.41. The van der Waals surface area contributed by atoms with Crippen LogP contribution in [0.2, 0.25) is 0 Å². The van der Waals surface area contributed by atoms with E-state index in [0.717, 1.165) is 48.8 Å². The van der Waals surface area contributed by atoms with Gasteiger partial charge in [0.1, 0.15) is 11.5 Å². The minimum absolute atomic E-state index is 0.162. The maximum absolute atomic E-state index is 12.0. The number of pyridine rings is 1. The van der Waals surface area contributed by atoms with Crippen molar-refractivity contribution in [2.75, 3.05) is 6.61 Å². The molecule has 0 amide bonds. The van der Waals surface area contributed by atoms with E-state index in [9.17, 15) is 4.79 Å². The Kier molecular flexibility index (Phi) is 11.0. The summed E-state index contributed by atoms with van der Waals surface area (Å²) in [5.41, 5.74) is 1.86. The minimum atomic E-state index is -0.162. The Morgan fingerprint density at radius 1 is 0.933 bits per heavy atom. The van der Waals surface area contributed by atoms with E-state index >= 15 is 0 Å². The molecule has 2 rings (SSSR count). The SMILES string of the molecule is CCCCCCOc1ccc(-c2ccc(OC(=O)CCCCC(C)CC)cc2)nc1. The molecule has 0 spiro atoms. The molecular formula is C26H37NO3. The molecule has 0 saturated carbocycles. The highest BCUT2D eigenvalue weighted by Crippen LogP contribution is 2.23. The Balaban J connectivity index is 1.76. The van der Waals surface area contributed by atoms with Crippen molar-refractivity contribution in [1.29, 1.82) is 0 Å². The summed E-state index contributed by atoms with van der Waals surface area (Å²) in [4.78, 5) is 16.5. The quantitative estimate of drug-likeness (QED) is 0.187. The number of unbranched alkanes of at least 4 members (excludes halogenated alkanes) is 4. The number of carbonyl (C=O) groups excluding carboxylic acids is 1. The van der Waals surface area contributed by atoms with Crippen molar-refractivity contribution >= 4 is 5.97 Å². The van der Waals surface area contributed by atoms with Crippen LogP contribution in [0.25, 0.3) is 11.3 Å². The van der Waals surface area contributed by atoms with Gasteiger partial charge in [-0.1, -0.05) is 59.3 Å². The molecule has 1 unspecified atom stereocenters. The van der Waals surface area contributed by atoms with Gasteiger partial charge in [0, 0.05) is 12.0 Å². The summed E-state index contributed by atoms with van der Waals surface area (Å²) in [5.74, 6) is 1.95. The molecule has 1 atom stereocenters. The summed E-state index contributed by atoms with van der Waals surface area (Å²) in [6, 6.07) is 11.4. The zero-order valence-electron chi connectivity index (χ0n) is 18.9. The van der Waals surface area contributed by atoms with Crippen LogP contribution in [0.5, 0.6) is 11.5 Å². The van der Waals surface area contributed by atoms with Crippen molar-refractivity contribution in [3.05, 3.63) is 42.6 Å². The second-order valence-electron chi connectivity index (χ2n) is 8.05. The number of hydrogen-bond acceptors (Lipinski definition) is 4. The van der Waals surface area contributed by atoms with Crippen LogP contribution in [0.3, 0.4) is 0 Å². The standard InChI is InChI=1S/C26H37NO3/c1-4-6-7-10-19-29-24-17-18-25(27-20-24)22-13-15-23(16-14-22)30-26(28)12-9-8-11-21(3)5-2/h13-18,20-21H,4-12,19H2,1-3H3. The van der Waals surface area contributed by atoms with Crippen molar-refractivity contribution in [3.8, 4) is 22.8 Å². The summed E-state index contributed by atoms with van der Waals surface area (Å²) >= 11 is 0. The Labute approximate surface area is 182 Å². The van der Waals surface area contributed by atoms with Gasteiger partial charge in [-0.25, -0.2) is 0 Å². The van der Waals surface area contributed by atoms with Crippen molar-refractivity contribution in [1.82, 2.24) is 4.98 Å². The fraction of sp³-hybridized carbons (Fsp3) is 0.538. The van der Waals surface area contributed by atoms with Gasteiger partial charge in [-0.15, -0.1) is 0 Å². The molecule has 0 N–H and O–H groups in total. The third kappa shape index (κ3) is 8.98. The highest BCUT2D eigenvalue weighted by atomic mass is 16.5. The van der Waals surface area contributed by atoms with Crippen LogP contribution in [0.15, 0.2) is 42.6 Å². The Hall–Kier alpha value is -2.36. The van der Waals surface area contributed by atoms with E-state index in [2.05, 4.69) is 25.8 Å². The maximum Gasteiger partial charge on any atom is 0.311 e. The molecule has 0 saturated heterocycles. The number of hydrogen-bond donors (Lipinski definition) is 0. The molecule has 0 aliphatic rings. The van der Waals surface area contributed by atoms with E-state index in [1.54, 1.807) is 6.20 Å². The third-order valence-corrected chi connectivity index (χ3v) is 5.41. The van der Waals surface area contributed by atoms with E-state index in [1.807, 2.05) is 36.4 Å². The Bertz CT molecular complexity index is 725. The molecule has 0 fully saturated rings. The lowest BCUT2D eigenvalue weighted by Gasteiger charge is -2.09. The van der Waals surface area contributed by atoms with Crippen molar-refractivity contribution < 1.29 is 14.3 Å². The molecule has 4 nitrogen and oxygen atoms in total. The highest BCUT2D eigenvalue weighted by Gasteiger charge is 2.07. The number of carbonyl (C=O) groups is 1. The van der Waals surface area contributed by atoms with Gasteiger partial charge < -0.3 is 9.47 Å². The smallest absolute Gasteiger partial charge is 0.311 e. The van der Waals surface area contributed by atoms with Gasteiger partial charge in [0.15, 0.2) is 0 Å². The van der Waals surface area contributed by atoms with Crippen molar-refractivity contribution in [3.63, 3.8) is 0 Å². The molecular weight excluding hydrogens is 374 g/mol. The van der Waals surface area contributed by atoms with Crippen LogP contribution >= 0.6 is 0 Å². The molecule has 30 heavy (non-hydrogen) atoms. The highest BCUT2D eigenvalue weighted by molar-refractivity contribution is 5.72. The Morgan fingerprint density at radius 3 is 2.37 bits per heavy atom. The van der Waals surface area contributed by atoms with Gasteiger partial charge in [-0.05, 0) is 55.2 Å². The summed E-state index contributed by atoms with van der Waals surface area (Å²) in [7, 11) is 0. The number of esters is 1. The summed E-state index contributed by atoms with van der Waals surface area (Å²) in [6.07, 6.45) is 11.3. The molecule has 0 aliphatic heterocycles. The number of rotatable bonds is 14. The minimum Gasteiger partial charge on any atom is -0.492 e. The largest absolute Gasteiger partial charge is 0.492 e. The van der Waals surface area contributed by atoms with E-state index < -0.39 is 0 Å². The summed E-state index contributed by atoms with van der Waals surface area (Å²) < 4.78 is 11.2. The zero-order chi connectivity index (χ0) is 21.6. The number of nitrogens with zero attached hydrogens (tertiary/aromatic N) is 1. The van der Waals surface area contributed by atoms with Gasteiger partial charge in [-0.2, -0.15) is 0 Å². The van der Waals surface area contributed by atoms with Gasteiger partial charge in [0.05, 0.1) is 18.5 Å². The predicted molar refractivity (Wildman–Crippen MR) is 123 cm³/mol. The average molecular weight is 412 g/mol. The molecule has 164 valence electrons. The molecule has 4 heteroatoms. The first-order valence-corrected chi connectivity index (χ1v) is 11.5. The van der Waals surface area contributed by atoms with E-state index in [-0.39, 0.29) is 5.97 Å². The fourth-order valence-corrected chi connectivity index (χ4v) is 3.20. The van der Waals surface area contributed by atoms with Crippen LogP contribution < -0.4 is 9.47 Å². The van der Waals surface area contributed by atoms with Crippen molar-refractivity contribution in [2.45, 2.75) is 78.6 Å². The first-order chi connectivity index (χ1) is 14.6. The lowest BCUT2D eigenvalue weighted by Crippen LogP contribution is -2.07. The first-order valence-electron chi connectivity index (χ1n) is 11.5. The van der Waals surface area contributed by atoms with Crippen LogP contribution in [0.4, 0.5) is 0 Å². The fourth-order valence-electron chi connectivity index (χ4n) is 3.20. The number of aromatic nitrogens is 1. The van der Waals surface area contributed by atoms with Gasteiger partial charge in [0.25, 0.3) is 0 Å². The first kappa shape index (κ1) is 23.9. The van der Waals surface area contributed by atoms with Crippen LogP contribution in [-0.4, -0.2) is 17.6 Å². The van der Waals surface area contributed by atoms with Crippen LogP contribution in [0.1, 0.15) is 78.6 Å². The summed E-state index contributed by atoms with van der Waals surface area (Å²) in [5, 5.41) is 0. The number of ether oxygens (including phenoxy) is 2. The van der Waals surface area contributed by atoms with Gasteiger partial charge >= 0.3 is 5.97 Å². The van der Waals surface area contributed by atoms with Crippen molar-refractivity contribution in [2.24, 2.45) is 5.92 Å². The van der Waals surface area contributed by atoms with E-state index in [4.69, 9.17) is 9.47 Å². The number of benzene rings is 1. The molecule has 1 aromatic heterocycles. The van der Waals surface area contributed by atoms with Gasteiger partial charge in [0.2, 0.25) is 0 Å². The molecule has 0 bridgehead atoms. The second-order valence-corrected chi connectivity index (χ2v) is 8.05. The topological polar surface area (TPSA) is 48.4 Å². The van der Waals surface area contributed by atoms with E-state index in [1.165, 1.54) is 32.1 Å². The monoisotopic (exact) mass is 411 g/mol. The lowest BCUT2D eigenvalue weighted by molar-refractivity contribution is -0.134.